The Kier molecular flexibility index (Phi) is 1.66. The van der Waals surface area contributed by atoms with Crippen molar-refractivity contribution in [2.24, 2.45) is 7.05 Å². The van der Waals surface area contributed by atoms with Gasteiger partial charge in [-0.25, -0.2) is 8.42 Å². The molecule has 4 heteroatoms. The zero-order valence-corrected chi connectivity index (χ0v) is 7.95. The predicted molar refractivity (Wildman–Crippen MR) is 52.4 cm³/mol. The second kappa shape index (κ2) is 2.60. The topological polar surface area (TPSA) is 39.1 Å². The lowest BCUT2D eigenvalue weighted by Crippen LogP contribution is -1.85. The van der Waals surface area contributed by atoms with E-state index in [-0.39, 0.29) is 0 Å². The molecule has 0 aliphatic carbocycles. The highest BCUT2D eigenvalue weighted by Crippen LogP contribution is 2.18. The summed E-state index contributed by atoms with van der Waals surface area (Å²) in [5, 5.41) is 2.44. The zero-order valence-electron chi connectivity index (χ0n) is 7.14. The first-order valence-corrected chi connectivity index (χ1v) is 5.45. The molecule has 0 bridgehead atoms. The minimum Gasteiger partial charge on any atom is -0.356 e. The van der Waals surface area contributed by atoms with Crippen LogP contribution in [-0.2, 0) is 16.9 Å². The summed E-state index contributed by atoms with van der Waals surface area (Å²) >= 11 is 0. The summed E-state index contributed by atoms with van der Waals surface area (Å²) in [5.41, 5.74) is 1.86. The van der Waals surface area contributed by atoms with Crippen molar-refractivity contribution in [1.82, 2.24) is 4.57 Å². The van der Waals surface area contributed by atoms with Crippen molar-refractivity contribution in [3.05, 3.63) is 34.3 Å². The molecule has 13 heavy (non-hydrogen) atoms. The van der Waals surface area contributed by atoms with E-state index in [2.05, 4.69) is 0 Å². The molecule has 1 aromatic heterocycles. The van der Waals surface area contributed by atoms with Crippen LogP contribution in [-0.4, -0.2) is 13.0 Å². The van der Waals surface area contributed by atoms with Gasteiger partial charge in [0.25, 0.3) is 0 Å². The quantitative estimate of drug-likeness (QED) is 0.627. The Morgan fingerprint density at radius 2 is 1.54 bits per heavy atom. The first-order chi connectivity index (χ1) is 6.07. The van der Waals surface area contributed by atoms with Gasteiger partial charge in [-0.1, -0.05) is 0 Å². The van der Waals surface area contributed by atoms with Crippen LogP contribution in [0.5, 0.6) is 0 Å². The fourth-order valence-corrected chi connectivity index (χ4v) is 2.05. The molecule has 0 saturated heterocycles. The number of hydrogen-bond acceptors (Lipinski definition) is 2. The molecule has 2 rings (SSSR count). The summed E-state index contributed by atoms with van der Waals surface area (Å²) < 4.78 is 24.2. The van der Waals surface area contributed by atoms with E-state index in [1.807, 2.05) is 24.0 Å². The first-order valence-electron chi connectivity index (χ1n) is 3.84. The largest absolute Gasteiger partial charge is 0.356 e. The van der Waals surface area contributed by atoms with E-state index in [0.29, 0.717) is 0 Å². The molecule has 0 amide bonds. The Morgan fingerprint density at radius 1 is 1.08 bits per heavy atom. The van der Waals surface area contributed by atoms with Crippen LogP contribution in [0.25, 0.3) is 12.2 Å². The van der Waals surface area contributed by atoms with Gasteiger partial charge in [0.15, 0.2) is 9.84 Å². The molecule has 0 fully saturated rings. The van der Waals surface area contributed by atoms with Gasteiger partial charge in [-0.15, -0.1) is 0 Å². The molecule has 0 radical (unpaired) electrons. The second-order valence-corrected chi connectivity index (χ2v) is 4.75. The van der Waals surface area contributed by atoms with Gasteiger partial charge >= 0.3 is 0 Å². The number of hydrogen-bond donors (Lipinski definition) is 0. The Labute approximate surface area is 76.9 Å². The monoisotopic (exact) mass is 195 g/mol. The van der Waals surface area contributed by atoms with Gasteiger partial charge < -0.3 is 4.57 Å². The Morgan fingerprint density at radius 3 is 2.00 bits per heavy atom. The molecule has 0 aromatic carbocycles. The number of fused-ring (bicyclic) bond motifs is 1. The SMILES string of the molecule is Cn1cc2c(c1)C=CS(=O)(=O)C=C2. The number of aromatic nitrogens is 1. The van der Waals surface area contributed by atoms with Crippen molar-refractivity contribution in [2.75, 3.05) is 0 Å². The molecule has 68 valence electrons. The van der Waals surface area contributed by atoms with E-state index < -0.39 is 9.84 Å². The predicted octanol–water partition coefficient (Wildman–Crippen LogP) is 1.39. The number of nitrogens with zero attached hydrogens (tertiary/aromatic N) is 1. The third-order valence-electron chi connectivity index (χ3n) is 1.89. The molecular formula is C9H9NO2S. The lowest BCUT2D eigenvalue weighted by molar-refractivity contribution is 0.613. The molecular weight excluding hydrogens is 186 g/mol. The maximum absolute atomic E-state index is 11.1. The second-order valence-electron chi connectivity index (χ2n) is 3.03. The van der Waals surface area contributed by atoms with Crippen LogP contribution in [0.3, 0.4) is 0 Å². The van der Waals surface area contributed by atoms with E-state index in [4.69, 9.17) is 0 Å². The van der Waals surface area contributed by atoms with Gasteiger partial charge in [0, 0.05) is 41.4 Å². The maximum atomic E-state index is 11.1. The highest BCUT2D eigenvalue weighted by molar-refractivity contribution is 7.97. The summed E-state index contributed by atoms with van der Waals surface area (Å²) in [6.07, 6.45) is 7.00. The molecule has 1 aromatic rings. The third kappa shape index (κ3) is 1.58. The van der Waals surface area contributed by atoms with Crippen molar-refractivity contribution in [3.8, 4) is 0 Å². The van der Waals surface area contributed by atoms with Crippen molar-refractivity contribution in [3.63, 3.8) is 0 Å². The van der Waals surface area contributed by atoms with E-state index >= 15 is 0 Å². The van der Waals surface area contributed by atoms with Crippen LogP contribution in [0.15, 0.2) is 23.2 Å². The minimum atomic E-state index is -3.14. The number of aryl methyl sites for hydroxylation is 1. The Bertz CT molecular complexity index is 454. The van der Waals surface area contributed by atoms with Crippen LogP contribution in [0.2, 0.25) is 0 Å². The van der Waals surface area contributed by atoms with Crippen LogP contribution in [0.1, 0.15) is 11.1 Å². The third-order valence-corrected chi connectivity index (χ3v) is 2.92. The van der Waals surface area contributed by atoms with Crippen LogP contribution < -0.4 is 0 Å². The molecule has 3 nitrogen and oxygen atoms in total. The molecule has 0 atom stereocenters. The fourth-order valence-electron chi connectivity index (χ4n) is 1.29. The molecule has 0 spiro atoms. The van der Waals surface area contributed by atoms with Crippen LogP contribution in [0.4, 0.5) is 0 Å². The van der Waals surface area contributed by atoms with Gasteiger partial charge in [0.05, 0.1) is 0 Å². The molecule has 1 aliphatic rings. The average Bonchev–Trinajstić information content (AvgIpc) is 2.34. The lowest BCUT2D eigenvalue weighted by atomic mass is 10.2. The standard InChI is InChI=1S/C9H9NO2S/c1-10-6-8-2-4-13(11,12)5-3-9(8)7-10/h2-7H,1H3. The average molecular weight is 195 g/mol. The molecule has 0 N–H and O–H groups in total. The molecule has 0 saturated carbocycles. The molecule has 2 heterocycles. The zero-order chi connectivity index (χ0) is 9.47. The number of rotatable bonds is 0. The lowest BCUT2D eigenvalue weighted by Gasteiger charge is -1.85. The fraction of sp³-hybridized carbons (Fsp3) is 0.111. The smallest absolute Gasteiger partial charge is 0.193 e. The van der Waals surface area contributed by atoms with Crippen LogP contribution in [0, 0.1) is 0 Å². The summed E-state index contributed by atoms with van der Waals surface area (Å²) in [6, 6.07) is 0. The Balaban J connectivity index is 2.63. The van der Waals surface area contributed by atoms with Crippen molar-refractivity contribution < 1.29 is 8.42 Å². The van der Waals surface area contributed by atoms with Gasteiger partial charge in [0.2, 0.25) is 0 Å². The van der Waals surface area contributed by atoms with E-state index in [0.717, 1.165) is 11.1 Å². The summed E-state index contributed by atoms with van der Waals surface area (Å²) in [6.45, 7) is 0. The van der Waals surface area contributed by atoms with Crippen molar-refractivity contribution in [1.29, 1.82) is 0 Å². The van der Waals surface area contributed by atoms with Crippen molar-refractivity contribution >= 4 is 22.0 Å². The van der Waals surface area contributed by atoms with E-state index in [9.17, 15) is 8.42 Å². The van der Waals surface area contributed by atoms with Crippen molar-refractivity contribution in [2.45, 2.75) is 0 Å². The summed E-state index contributed by atoms with van der Waals surface area (Å²) in [4.78, 5) is 0. The highest BCUT2D eigenvalue weighted by Gasteiger charge is 2.07. The summed E-state index contributed by atoms with van der Waals surface area (Å²) in [5.74, 6) is 0. The normalized spacial score (nSPS) is 18.2. The van der Waals surface area contributed by atoms with E-state index in [1.54, 1.807) is 12.2 Å². The van der Waals surface area contributed by atoms with Gasteiger partial charge in [-0.05, 0) is 12.2 Å². The highest BCUT2D eigenvalue weighted by atomic mass is 32.2. The van der Waals surface area contributed by atoms with E-state index in [1.165, 1.54) is 10.8 Å². The van der Waals surface area contributed by atoms with Gasteiger partial charge in [0.1, 0.15) is 0 Å². The van der Waals surface area contributed by atoms with Gasteiger partial charge in [-0.3, -0.25) is 0 Å². The molecule has 0 unspecified atom stereocenters. The first kappa shape index (κ1) is 8.31. The summed E-state index contributed by atoms with van der Waals surface area (Å²) in [7, 11) is -1.23. The maximum Gasteiger partial charge on any atom is 0.193 e. The van der Waals surface area contributed by atoms with Crippen LogP contribution >= 0.6 is 0 Å². The van der Waals surface area contributed by atoms with Gasteiger partial charge in [-0.2, -0.15) is 0 Å². The molecule has 1 aliphatic heterocycles. The Hall–Kier alpha value is -1.29. The minimum absolute atomic E-state index is 0.930. The number of sulfone groups is 1.